The molecular weight excluding hydrogens is 352 g/mol. The number of hydrogen-bond donors (Lipinski definition) is 3. The van der Waals surface area contributed by atoms with Gasteiger partial charge in [-0.2, -0.15) is 0 Å². The van der Waals surface area contributed by atoms with Gasteiger partial charge in [0.05, 0.1) is 5.92 Å². The van der Waals surface area contributed by atoms with Crippen molar-refractivity contribution >= 4 is 17.5 Å². The van der Waals surface area contributed by atoms with Gasteiger partial charge in [0.1, 0.15) is 0 Å². The molecule has 142 valence electrons. The molecule has 0 aromatic heterocycles. The zero-order chi connectivity index (χ0) is 20.1. The second-order valence-corrected chi connectivity index (χ2v) is 6.64. The third-order valence-corrected chi connectivity index (χ3v) is 4.86. The summed E-state index contributed by atoms with van der Waals surface area (Å²) in [6, 6.07) is 21.9. The molecule has 3 N–H and O–H groups in total. The summed E-state index contributed by atoms with van der Waals surface area (Å²) in [6.07, 6.45) is 0. The first-order chi connectivity index (χ1) is 13.5. The molecule has 0 fully saturated rings. The zero-order valence-corrected chi connectivity index (χ0v) is 15.8. The number of benzene rings is 3. The van der Waals surface area contributed by atoms with E-state index in [0.717, 1.165) is 16.7 Å². The van der Waals surface area contributed by atoms with Crippen molar-refractivity contribution in [3.8, 4) is 0 Å². The molecule has 0 bridgehead atoms. The normalized spacial score (nSPS) is 11.5. The van der Waals surface area contributed by atoms with Crippen LogP contribution in [0.15, 0.2) is 72.8 Å². The van der Waals surface area contributed by atoms with E-state index in [1.165, 1.54) is 0 Å². The van der Waals surface area contributed by atoms with E-state index in [9.17, 15) is 9.59 Å². The van der Waals surface area contributed by atoms with Crippen LogP contribution in [0.4, 0.5) is 5.69 Å². The fraction of sp³-hybridized carbons (Fsp3) is 0.130. The molecule has 3 rings (SSSR count). The lowest BCUT2D eigenvalue weighted by molar-refractivity contribution is -0.129. The monoisotopic (exact) mass is 374 g/mol. The standard InChI is InChI=1S/C23H22N2O3/c1-15-7-6-10-20(16(15)2)22(26)24-19-13-11-18(12-14-19)21(23(27)25-28)17-8-4-3-5-9-17/h3-14,21,28H,1-2H3,(H,24,26)(H,25,27). The van der Waals surface area contributed by atoms with E-state index in [4.69, 9.17) is 5.21 Å². The number of nitrogens with one attached hydrogen (secondary N) is 2. The Hall–Kier alpha value is -3.44. The summed E-state index contributed by atoms with van der Waals surface area (Å²) in [5, 5.41) is 12.0. The van der Waals surface area contributed by atoms with Crippen LogP contribution >= 0.6 is 0 Å². The quantitative estimate of drug-likeness (QED) is 0.463. The molecule has 1 atom stereocenters. The van der Waals surface area contributed by atoms with Gasteiger partial charge in [-0.3, -0.25) is 14.8 Å². The Kier molecular flexibility index (Phi) is 5.87. The lowest BCUT2D eigenvalue weighted by atomic mass is 9.90. The van der Waals surface area contributed by atoms with Gasteiger partial charge in [0.15, 0.2) is 0 Å². The van der Waals surface area contributed by atoms with Gasteiger partial charge >= 0.3 is 0 Å². The van der Waals surface area contributed by atoms with E-state index in [1.807, 2.05) is 56.3 Å². The first kappa shape index (κ1) is 19.3. The number of anilines is 1. The van der Waals surface area contributed by atoms with E-state index >= 15 is 0 Å². The second kappa shape index (κ2) is 8.50. The fourth-order valence-electron chi connectivity index (χ4n) is 3.16. The summed E-state index contributed by atoms with van der Waals surface area (Å²) in [4.78, 5) is 24.8. The van der Waals surface area contributed by atoms with Crippen molar-refractivity contribution in [1.29, 1.82) is 0 Å². The topological polar surface area (TPSA) is 78.4 Å². The molecule has 3 aromatic carbocycles. The molecule has 5 heteroatoms. The maximum absolute atomic E-state index is 12.6. The lowest BCUT2D eigenvalue weighted by Crippen LogP contribution is -2.27. The van der Waals surface area contributed by atoms with Gasteiger partial charge in [0.25, 0.3) is 11.8 Å². The summed E-state index contributed by atoms with van der Waals surface area (Å²) in [5.74, 6) is -1.34. The summed E-state index contributed by atoms with van der Waals surface area (Å²) in [6.45, 7) is 3.89. The molecule has 0 aliphatic carbocycles. The van der Waals surface area contributed by atoms with Crippen molar-refractivity contribution in [2.24, 2.45) is 0 Å². The van der Waals surface area contributed by atoms with Crippen molar-refractivity contribution in [3.05, 3.63) is 101 Å². The number of hydrogen-bond acceptors (Lipinski definition) is 3. The van der Waals surface area contributed by atoms with Crippen molar-refractivity contribution in [2.45, 2.75) is 19.8 Å². The van der Waals surface area contributed by atoms with Gasteiger partial charge in [-0.15, -0.1) is 0 Å². The number of rotatable bonds is 5. The fourth-order valence-corrected chi connectivity index (χ4v) is 3.16. The Morgan fingerprint density at radius 2 is 1.46 bits per heavy atom. The van der Waals surface area contributed by atoms with Crippen LogP contribution in [-0.2, 0) is 4.79 Å². The molecular formula is C23H22N2O3. The van der Waals surface area contributed by atoms with Crippen molar-refractivity contribution in [1.82, 2.24) is 5.48 Å². The molecule has 3 aromatic rings. The van der Waals surface area contributed by atoms with Crippen LogP contribution in [0, 0.1) is 13.8 Å². The number of carbonyl (C=O) groups excluding carboxylic acids is 2. The van der Waals surface area contributed by atoms with Crippen LogP contribution in [0.3, 0.4) is 0 Å². The number of hydroxylamine groups is 1. The molecule has 0 aliphatic rings. The highest BCUT2D eigenvalue weighted by Gasteiger charge is 2.22. The molecule has 1 unspecified atom stereocenters. The van der Waals surface area contributed by atoms with Crippen LogP contribution in [-0.4, -0.2) is 17.0 Å². The molecule has 0 spiro atoms. The van der Waals surface area contributed by atoms with E-state index < -0.39 is 11.8 Å². The predicted molar refractivity (Wildman–Crippen MR) is 109 cm³/mol. The first-order valence-electron chi connectivity index (χ1n) is 8.97. The first-order valence-corrected chi connectivity index (χ1v) is 8.97. The van der Waals surface area contributed by atoms with Gasteiger partial charge < -0.3 is 5.32 Å². The van der Waals surface area contributed by atoms with Gasteiger partial charge in [-0.05, 0) is 54.3 Å². The van der Waals surface area contributed by atoms with Crippen LogP contribution in [0.25, 0.3) is 0 Å². The van der Waals surface area contributed by atoms with Crippen LogP contribution in [0.5, 0.6) is 0 Å². The van der Waals surface area contributed by atoms with Crippen molar-refractivity contribution < 1.29 is 14.8 Å². The van der Waals surface area contributed by atoms with Crippen LogP contribution in [0.1, 0.15) is 38.5 Å². The SMILES string of the molecule is Cc1cccc(C(=O)Nc2ccc(C(C(=O)NO)c3ccccc3)cc2)c1C. The molecule has 0 saturated carbocycles. The highest BCUT2D eigenvalue weighted by molar-refractivity contribution is 6.05. The van der Waals surface area contributed by atoms with E-state index in [0.29, 0.717) is 16.8 Å². The van der Waals surface area contributed by atoms with E-state index in [-0.39, 0.29) is 5.91 Å². The Morgan fingerprint density at radius 3 is 2.11 bits per heavy atom. The second-order valence-electron chi connectivity index (χ2n) is 6.64. The minimum Gasteiger partial charge on any atom is -0.322 e. The maximum Gasteiger partial charge on any atom is 0.255 e. The van der Waals surface area contributed by atoms with E-state index in [1.54, 1.807) is 35.8 Å². The lowest BCUT2D eigenvalue weighted by Gasteiger charge is -2.16. The average molecular weight is 374 g/mol. The summed E-state index contributed by atoms with van der Waals surface area (Å²) in [5.41, 5.74) is 6.47. The van der Waals surface area contributed by atoms with Crippen LogP contribution < -0.4 is 10.8 Å². The van der Waals surface area contributed by atoms with Gasteiger partial charge in [-0.1, -0.05) is 54.6 Å². The average Bonchev–Trinajstić information content (AvgIpc) is 2.72. The third-order valence-electron chi connectivity index (χ3n) is 4.86. The van der Waals surface area contributed by atoms with E-state index in [2.05, 4.69) is 5.32 Å². The van der Waals surface area contributed by atoms with Gasteiger partial charge in [0, 0.05) is 11.3 Å². The minimum absolute atomic E-state index is 0.179. The predicted octanol–water partition coefficient (Wildman–Crippen LogP) is 4.19. The smallest absolute Gasteiger partial charge is 0.255 e. The van der Waals surface area contributed by atoms with Crippen molar-refractivity contribution in [2.75, 3.05) is 5.32 Å². The number of aryl methyl sites for hydroxylation is 1. The minimum atomic E-state index is -0.644. The third kappa shape index (κ3) is 4.10. The summed E-state index contributed by atoms with van der Waals surface area (Å²) in [7, 11) is 0. The molecule has 5 nitrogen and oxygen atoms in total. The van der Waals surface area contributed by atoms with Gasteiger partial charge in [-0.25, -0.2) is 5.48 Å². The molecule has 0 radical (unpaired) electrons. The number of carbonyl (C=O) groups is 2. The Bertz CT molecular complexity index is 982. The molecule has 28 heavy (non-hydrogen) atoms. The number of amides is 2. The molecule has 0 heterocycles. The highest BCUT2D eigenvalue weighted by atomic mass is 16.5. The Morgan fingerprint density at radius 1 is 0.821 bits per heavy atom. The summed E-state index contributed by atoms with van der Waals surface area (Å²) >= 11 is 0. The Labute approximate surface area is 164 Å². The van der Waals surface area contributed by atoms with Crippen molar-refractivity contribution in [3.63, 3.8) is 0 Å². The maximum atomic E-state index is 12.6. The zero-order valence-electron chi connectivity index (χ0n) is 15.8. The Balaban J connectivity index is 1.83. The van der Waals surface area contributed by atoms with Crippen LogP contribution in [0.2, 0.25) is 0 Å². The van der Waals surface area contributed by atoms with Gasteiger partial charge in [0.2, 0.25) is 0 Å². The molecule has 2 amide bonds. The summed E-state index contributed by atoms with van der Waals surface area (Å²) < 4.78 is 0. The highest BCUT2D eigenvalue weighted by Crippen LogP contribution is 2.26. The molecule has 0 aliphatic heterocycles. The molecule has 0 saturated heterocycles. The largest absolute Gasteiger partial charge is 0.322 e.